The van der Waals surface area contributed by atoms with Gasteiger partial charge in [0.15, 0.2) is 0 Å². The molecule has 0 saturated carbocycles. The standard InChI is InChI=1S/C17H16N2O4/c1-12-3-4-14(11-13(12)2)18-17(20)9-10-23-16-7-5-15(6-8-16)19(21)22/h3-11H,1-2H3,(H,18,20). The number of carbonyl (C=O) groups is 1. The molecule has 1 amide bonds. The normalized spacial score (nSPS) is 10.5. The van der Waals surface area contributed by atoms with Crippen molar-refractivity contribution in [3.05, 3.63) is 76.0 Å². The van der Waals surface area contributed by atoms with E-state index >= 15 is 0 Å². The smallest absolute Gasteiger partial charge is 0.269 e. The van der Waals surface area contributed by atoms with Crippen LogP contribution in [0.1, 0.15) is 11.1 Å². The van der Waals surface area contributed by atoms with Crippen LogP contribution < -0.4 is 10.1 Å². The second-order valence-electron chi connectivity index (χ2n) is 4.96. The van der Waals surface area contributed by atoms with Gasteiger partial charge in [0.2, 0.25) is 0 Å². The molecule has 2 aromatic rings. The van der Waals surface area contributed by atoms with Gasteiger partial charge >= 0.3 is 0 Å². The number of hydrogen-bond acceptors (Lipinski definition) is 4. The van der Waals surface area contributed by atoms with Gasteiger partial charge in [-0.1, -0.05) is 6.07 Å². The monoisotopic (exact) mass is 312 g/mol. The van der Waals surface area contributed by atoms with Crippen LogP contribution in [-0.4, -0.2) is 10.8 Å². The zero-order chi connectivity index (χ0) is 16.8. The second kappa shape index (κ2) is 7.22. The number of rotatable bonds is 5. The molecule has 0 fully saturated rings. The van der Waals surface area contributed by atoms with Crippen molar-refractivity contribution in [1.29, 1.82) is 0 Å². The molecule has 2 rings (SSSR count). The first-order valence-electron chi connectivity index (χ1n) is 6.91. The van der Waals surface area contributed by atoms with Gasteiger partial charge in [0.05, 0.1) is 11.2 Å². The highest BCUT2D eigenvalue weighted by molar-refractivity contribution is 5.99. The number of nitrogens with one attached hydrogen (secondary N) is 1. The average molecular weight is 312 g/mol. The largest absolute Gasteiger partial charge is 0.465 e. The van der Waals surface area contributed by atoms with Gasteiger partial charge in [0.25, 0.3) is 11.6 Å². The maximum absolute atomic E-state index is 11.8. The van der Waals surface area contributed by atoms with Crippen molar-refractivity contribution < 1.29 is 14.5 Å². The predicted octanol–water partition coefficient (Wildman–Crippen LogP) is 3.74. The highest BCUT2D eigenvalue weighted by atomic mass is 16.6. The fourth-order valence-electron chi connectivity index (χ4n) is 1.82. The van der Waals surface area contributed by atoms with Gasteiger partial charge in [0, 0.05) is 23.9 Å². The van der Waals surface area contributed by atoms with Gasteiger partial charge < -0.3 is 10.1 Å². The third-order valence-corrected chi connectivity index (χ3v) is 3.25. The van der Waals surface area contributed by atoms with Gasteiger partial charge in [-0.05, 0) is 49.2 Å². The number of hydrogen-bond donors (Lipinski definition) is 1. The van der Waals surface area contributed by atoms with Crippen LogP contribution in [0, 0.1) is 24.0 Å². The Labute approximate surface area is 133 Å². The average Bonchev–Trinajstić information content (AvgIpc) is 2.51. The summed E-state index contributed by atoms with van der Waals surface area (Å²) in [6.45, 7) is 3.97. The maximum Gasteiger partial charge on any atom is 0.269 e. The lowest BCUT2D eigenvalue weighted by molar-refractivity contribution is -0.384. The van der Waals surface area contributed by atoms with Gasteiger partial charge in [0.1, 0.15) is 5.75 Å². The third-order valence-electron chi connectivity index (χ3n) is 3.25. The molecule has 0 aliphatic carbocycles. The van der Waals surface area contributed by atoms with Crippen LogP contribution in [0.3, 0.4) is 0 Å². The molecule has 118 valence electrons. The highest BCUT2D eigenvalue weighted by Crippen LogP contribution is 2.17. The van der Waals surface area contributed by atoms with Gasteiger partial charge in [-0.15, -0.1) is 0 Å². The van der Waals surface area contributed by atoms with Crippen molar-refractivity contribution in [1.82, 2.24) is 0 Å². The van der Waals surface area contributed by atoms with Crippen LogP contribution in [0.2, 0.25) is 0 Å². The molecule has 0 saturated heterocycles. The molecular formula is C17H16N2O4. The number of nitro benzene ring substituents is 1. The summed E-state index contributed by atoms with van der Waals surface area (Å²) < 4.78 is 5.23. The number of ether oxygens (including phenoxy) is 1. The number of aryl methyl sites for hydroxylation is 2. The molecule has 0 aliphatic rings. The van der Waals surface area contributed by atoms with Crippen LogP contribution in [0.4, 0.5) is 11.4 Å². The zero-order valence-electron chi connectivity index (χ0n) is 12.8. The van der Waals surface area contributed by atoms with Crippen molar-refractivity contribution in [3.63, 3.8) is 0 Å². The molecule has 0 aromatic heterocycles. The lowest BCUT2D eigenvalue weighted by atomic mass is 10.1. The van der Waals surface area contributed by atoms with E-state index in [2.05, 4.69) is 5.32 Å². The minimum atomic E-state index is -0.489. The van der Waals surface area contributed by atoms with Gasteiger partial charge in [-0.3, -0.25) is 14.9 Å². The first kappa shape index (κ1) is 16.2. The van der Waals surface area contributed by atoms with Crippen LogP contribution in [-0.2, 0) is 4.79 Å². The lowest BCUT2D eigenvalue weighted by Crippen LogP contribution is -2.08. The van der Waals surface area contributed by atoms with E-state index in [1.54, 1.807) is 0 Å². The van der Waals surface area contributed by atoms with Crippen molar-refractivity contribution in [3.8, 4) is 5.75 Å². The second-order valence-corrected chi connectivity index (χ2v) is 4.96. The van der Waals surface area contributed by atoms with E-state index in [4.69, 9.17) is 4.74 Å². The Hall–Kier alpha value is -3.15. The molecule has 0 spiro atoms. The Morgan fingerprint density at radius 2 is 1.83 bits per heavy atom. The Balaban J connectivity index is 1.90. The van der Waals surface area contributed by atoms with Gasteiger partial charge in [-0.25, -0.2) is 0 Å². The summed E-state index contributed by atoms with van der Waals surface area (Å²) >= 11 is 0. The molecule has 0 radical (unpaired) electrons. The number of non-ortho nitro benzene ring substituents is 1. The topological polar surface area (TPSA) is 81.5 Å². The summed E-state index contributed by atoms with van der Waals surface area (Å²) in [4.78, 5) is 21.8. The molecule has 0 heterocycles. The van der Waals surface area contributed by atoms with E-state index in [0.717, 1.165) is 11.1 Å². The number of carbonyl (C=O) groups excluding carboxylic acids is 1. The molecule has 6 heteroatoms. The molecule has 1 N–H and O–H groups in total. The van der Waals surface area contributed by atoms with E-state index in [9.17, 15) is 14.9 Å². The first-order chi connectivity index (χ1) is 11.0. The number of nitro groups is 1. The molecule has 0 bridgehead atoms. The van der Waals surface area contributed by atoms with Crippen LogP contribution in [0.25, 0.3) is 0 Å². The van der Waals surface area contributed by atoms with E-state index in [1.807, 2.05) is 32.0 Å². The summed E-state index contributed by atoms with van der Waals surface area (Å²) in [5.41, 5.74) is 2.93. The molecule has 6 nitrogen and oxygen atoms in total. The van der Waals surface area contributed by atoms with E-state index < -0.39 is 4.92 Å². The van der Waals surface area contributed by atoms with Crippen molar-refractivity contribution in [2.45, 2.75) is 13.8 Å². The third kappa shape index (κ3) is 4.67. The molecule has 2 aromatic carbocycles. The zero-order valence-corrected chi connectivity index (χ0v) is 12.8. The fraction of sp³-hybridized carbons (Fsp3) is 0.118. The quantitative estimate of drug-likeness (QED) is 0.394. The van der Waals surface area contributed by atoms with Crippen LogP contribution >= 0.6 is 0 Å². The SMILES string of the molecule is Cc1ccc(NC(=O)C=COc2ccc([N+](=O)[O-])cc2)cc1C. The molecule has 0 atom stereocenters. The molecule has 0 unspecified atom stereocenters. The Morgan fingerprint density at radius 3 is 2.43 bits per heavy atom. The van der Waals surface area contributed by atoms with Crippen molar-refractivity contribution in [2.75, 3.05) is 5.32 Å². The fourth-order valence-corrected chi connectivity index (χ4v) is 1.82. The van der Waals surface area contributed by atoms with Crippen molar-refractivity contribution in [2.24, 2.45) is 0 Å². The van der Waals surface area contributed by atoms with Crippen molar-refractivity contribution >= 4 is 17.3 Å². The summed E-state index contributed by atoms with van der Waals surface area (Å²) in [5, 5.41) is 13.3. The summed E-state index contributed by atoms with van der Waals surface area (Å²) in [5.74, 6) is 0.0843. The Morgan fingerprint density at radius 1 is 1.13 bits per heavy atom. The predicted molar refractivity (Wildman–Crippen MR) is 87.4 cm³/mol. The van der Waals surface area contributed by atoms with E-state index in [1.165, 1.54) is 36.6 Å². The number of anilines is 1. The minimum Gasteiger partial charge on any atom is -0.465 e. The number of amides is 1. The minimum absolute atomic E-state index is 0.0196. The van der Waals surface area contributed by atoms with Crippen LogP contribution in [0.5, 0.6) is 5.75 Å². The first-order valence-corrected chi connectivity index (χ1v) is 6.91. The molecular weight excluding hydrogens is 296 g/mol. The summed E-state index contributed by atoms with van der Waals surface area (Å²) in [7, 11) is 0. The van der Waals surface area contributed by atoms with Crippen LogP contribution in [0.15, 0.2) is 54.8 Å². The highest BCUT2D eigenvalue weighted by Gasteiger charge is 2.04. The van der Waals surface area contributed by atoms with Gasteiger partial charge in [-0.2, -0.15) is 0 Å². The van der Waals surface area contributed by atoms with E-state index in [-0.39, 0.29) is 11.6 Å². The number of nitrogens with zero attached hydrogens (tertiary/aromatic N) is 1. The molecule has 0 aliphatic heterocycles. The number of benzene rings is 2. The summed E-state index contributed by atoms with van der Waals surface area (Å²) in [6.07, 6.45) is 2.48. The summed E-state index contributed by atoms with van der Waals surface area (Å²) in [6, 6.07) is 11.2. The Kier molecular flexibility index (Phi) is 5.09. The van der Waals surface area contributed by atoms with E-state index in [0.29, 0.717) is 11.4 Å². The Bertz CT molecular complexity index is 752. The lowest BCUT2D eigenvalue weighted by Gasteiger charge is -2.05. The maximum atomic E-state index is 11.8. The molecule has 23 heavy (non-hydrogen) atoms.